The van der Waals surface area contributed by atoms with Gasteiger partial charge < -0.3 is 10.2 Å². The number of rotatable bonds is 8. The van der Waals surface area contributed by atoms with E-state index in [2.05, 4.69) is 16.6 Å². The predicted molar refractivity (Wildman–Crippen MR) is 113 cm³/mol. The van der Waals surface area contributed by atoms with Gasteiger partial charge in [0.25, 0.3) is 5.91 Å². The molecule has 2 aromatic carbocycles. The van der Waals surface area contributed by atoms with Gasteiger partial charge >= 0.3 is 0 Å². The zero-order valence-corrected chi connectivity index (χ0v) is 17.5. The minimum Gasteiger partial charge on any atom is -0.332 e. The first kappa shape index (κ1) is 22.3. The van der Waals surface area contributed by atoms with Crippen LogP contribution in [0.4, 0.5) is 5.69 Å². The van der Waals surface area contributed by atoms with E-state index in [1.807, 2.05) is 32.0 Å². The number of nitrogens with one attached hydrogen (secondary N) is 2. The van der Waals surface area contributed by atoms with Crippen molar-refractivity contribution in [3.63, 3.8) is 0 Å². The third-order valence-electron chi connectivity index (χ3n) is 4.30. The number of sulfonamides is 1. The topological polar surface area (TPSA) is 95.6 Å². The van der Waals surface area contributed by atoms with Gasteiger partial charge in [0.15, 0.2) is 0 Å². The average molecular weight is 416 g/mol. The molecule has 29 heavy (non-hydrogen) atoms. The number of nitrogens with zero attached hydrogens (tertiary/aromatic N) is 1. The van der Waals surface area contributed by atoms with Crippen LogP contribution in [-0.4, -0.2) is 45.3 Å². The molecule has 0 heterocycles. The van der Waals surface area contributed by atoms with Crippen molar-refractivity contribution in [2.24, 2.45) is 0 Å². The van der Waals surface area contributed by atoms with E-state index in [1.54, 1.807) is 0 Å². The van der Waals surface area contributed by atoms with Crippen LogP contribution in [0, 0.1) is 13.8 Å². The minimum atomic E-state index is -3.66. The third kappa shape index (κ3) is 5.75. The first-order chi connectivity index (χ1) is 13.7. The number of carbonyl (C=O) groups is 2. The number of para-hydroxylation sites is 1. The molecule has 2 rings (SSSR count). The second-order valence-electron chi connectivity index (χ2n) is 6.64. The zero-order valence-electron chi connectivity index (χ0n) is 16.7. The van der Waals surface area contributed by atoms with Gasteiger partial charge in [0.1, 0.15) is 0 Å². The van der Waals surface area contributed by atoms with Crippen molar-refractivity contribution in [3.05, 3.63) is 71.8 Å². The van der Waals surface area contributed by atoms with E-state index in [-0.39, 0.29) is 35.4 Å². The number of likely N-dealkylation sites (N-methyl/N-ethyl adjacent to an activating group) is 1. The van der Waals surface area contributed by atoms with Crippen LogP contribution in [0.3, 0.4) is 0 Å². The van der Waals surface area contributed by atoms with Crippen LogP contribution in [-0.2, 0) is 14.8 Å². The summed E-state index contributed by atoms with van der Waals surface area (Å²) >= 11 is 0. The molecule has 0 atom stereocenters. The smallest absolute Gasteiger partial charge is 0.254 e. The second kappa shape index (κ2) is 9.49. The summed E-state index contributed by atoms with van der Waals surface area (Å²) in [6.45, 7) is 7.24. The van der Waals surface area contributed by atoms with Crippen LogP contribution in [0.2, 0.25) is 0 Å². The fourth-order valence-corrected chi connectivity index (χ4v) is 3.73. The van der Waals surface area contributed by atoms with Crippen molar-refractivity contribution < 1.29 is 18.0 Å². The quantitative estimate of drug-likeness (QED) is 0.648. The summed E-state index contributed by atoms with van der Waals surface area (Å²) in [4.78, 5) is 26.2. The number of amides is 2. The lowest BCUT2D eigenvalue weighted by molar-refractivity contribution is -0.116. The van der Waals surface area contributed by atoms with Crippen LogP contribution in [0.5, 0.6) is 0 Å². The first-order valence-corrected chi connectivity index (χ1v) is 10.5. The molecule has 8 heteroatoms. The van der Waals surface area contributed by atoms with E-state index in [4.69, 9.17) is 0 Å². The summed E-state index contributed by atoms with van der Waals surface area (Å²) in [6, 6.07) is 11.3. The lowest BCUT2D eigenvalue weighted by Crippen LogP contribution is -2.35. The van der Waals surface area contributed by atoms with Gasteiger partial charge in [0.2, 0.25) is 15.9 Å². The molecule has 2 amide bonds. The molecular weight excluding hydrogens is 390 g/mol. The number of carbonyl (C=O) groups excluding carboxylic acids is 2. The van der Waals surface area contributed by atoms with Crippen LogP contribution in [0.15, 0.2) is 60.0 Å². The largest absolute Gasteiger partial charge is 0.332 e. The van der Waals surface area contributed by atoms with Crippen molar-refractivity contribution in [2.45, 2.75) is 18.7 Å². The fraction of sp³-hybridized carbons (Fsp3) is 0.238. The molecule has 0 saturated carbocycles. The number of hydrogen-bond donors (Lipinski definition) is 2. The summed E-state index contributed by atoms with van der Waals surface area (Å²) in [7, 11) is -2.14. The lowest BCUT2D eigenvalue weighted by Gasteiger charge is -2.18. The summed E-state index contributed by atoms with van der Waals surface area (Å²) in [5, 5.41) is 2.84. The highest BCUT2D eigenvalue weighted by Gasteiger charge is 2.18. The Morgan fingerprint density at radius 1 is 1.07 bits per heavy atom. The van der Waals surface area contributed by atoms with Crippen molar-refractivity contribution in [1.82, 2.24) is 9.62 Å². The summed E-state index contributed by atoms with van der Waals surface area (Å²) < 4.78 is 26.5. The van der Waals surface area contributed by atoms with Crippen LogP contribution in [0.1, 0.15) is 21.5 Å². The normalized spacial score (nSPS) is 11.0. The number of hydrogen-bond acceptors (Lipinski definition) is 4. The van der Waals surface area contributed by atoms with E-state index in [0.717, 1.165) is 16.8 Å². The van der Waals surface area contributed by atoms with Crippen LogP contribution in [0.25, 0.3) is 0 Å². The molecule has 7 nitrogen and oxygen atoms in total. The standard InChI is InChI=1S/C21H25N3O4S/c1-5-13-22-29(27,28)18-11-9-17(10-12-18)21(26)24(4)14-19(25)23-20-15(2)7-6-8-16(20)3/h5-12,22H,1,13-14H2,2-4H3,(H,23,25). The van der Waals surface area contributed by atoms with E-state index in [0.29, 0.717) is 0 Å². The van der Waals surface area contributed by atoms with Crippen LogP contribution >= 0.6 is 0 Å². The summed E-state index contributed by atoms with van der Waals surface area (Å²) in [5.74, 6) is -0.698. The van der Waals surface area contributed by atoms with Gasteiger partial charge in [0.05, 0.1) is 11.4 Å². The van der Waals surface area contributed by atoms with E-state index < -0.39 is 10.0 Å². The maximum Gasteiger partial charge on any atom is 0.254 e. The van der Waals surface area contributed by atoms with Gasteiger partial charge in [0, 0.05) is 24.8 Å². The van der Waals surface area contributed by atoms with Gasteiger partial charge in [-0.2, -0.15) is 0 Å². The maximum absolute atomic E-state index is 12.6. The number of anilines is 1. The van der Waals surface area contributed by atoms with Gasteiger partial charge in [-0.25, -0.2) is 13.1 Å². The summed E-state index contributed by atoms with van der Waals surface area (Å²) in [5.41, 5.74) is 2.90. The van der Waals surface area contributed by atoms with Crippen molar-refractivity contribution in [3.8, 4) is 0 Å². The van der Waals surface area contributed by atoms with Crippen LogP contribution < -0.4 is 10.0 Å². The Balaban J connectivity index is 2.04. The highest BCUT2D eigenvalue weighted by molar-refractivity contribution is 7.89. The average Bonchev–Trinajstić information content (AvgIpc) is 2.69. The van der Waals surface area contributed by atoms with Gasteiger partial charge in [-0.3, -0.25) is 9.59 Å². The van der Waals surface area contributed by atoms with Crippen molar-refractivity contribution >= 4 is 27.5 Å². The fourth-order valence-electron chi connectivity index (χ4n) is 2.73. The molecule has 0 aliphatic carbocycles. The Hall–Kier alpha value is -2.97. The van der Waals surface area contributed by atoms with Crippen molar-refractivity contribution in [1.29, 1.82) is 0 Å². The Morgan fingerprint density at radius 3 is 2.21 bits per heavy atom. The van der Waals surface area contributed by atoms with Gasteiger partial charge in [-0.1, -0.05) is 24.3 Å². The van der Waals surface area contributed by atoms with E-state index in [9.17, 15) is 18.0 Å². The van der Waals surface area contributed by atoms with Gasteiger partial charge in [-0.05, 0) is 49.2 Å². The molecule has 0 aromatic heterocycles. The number of benzene rings is 2. The summed E-state index contributed by atoms with van der Waals surface area (Å²) in [6.07, 6.45) is 1.44. The van der Waals surface area contributed by atoms with Gasteiger partial charge in [-0.15, -0.1) is 6.58 Å². The molecule has 0 saturated heterocycles. The van der Waals surface area contributed by atoms with E-state index >= 15 is 0 Å². The first-order valence-electron chi connectivity index (χ1n) is 8.98. The molecule has 2 aromatic rings. The highest BCUT2D eigenvalue weighted by Crippen LogP contribution is 2.19. The molecule has 0 aliphatic rings. The Bertz CT molecular complexity index is 994. The molecule has 2 N–H and O–H groups in total. The molecule has 0 fully saturated rings. The molecule has 0 radical (unpaired) electrons. The minimum absolute atomic E-state index is 0.0475. The monoisotopic (exact) mass is 415 g/mol. The Labute approximate surface area is 171 Å². The lowest BCUT2D eigenvalue weighted by atomic mass is 10.1. The molecule has 0 spiro atoms. The molecule has 0 bridgehead atoms. The molecular formula is C21H25N3O4S. The predicted octanol–water partition coefficient (Wildman–Crippen LogP) is 2.48. The van der Waals surface area contributed by atoms with Crippen molar-refractivity contribution in [2.75, 3.05) is 25.5 Å². The molecule has 154 valence electrons. The second-order valence-corrected chi connectivity index (χ2v) is 8.41. The Kier molecular flexibility index (Phi) is 7.30. The van der Waals surface area contributed by atoms with E-state index in [1.165, 1.54) is 42.3 Å². The third-order valence-corrected chi connectivity index (χ3v) is 5.74. The molecule has 0 unspecified atom stereocenters. The zero-order chi connectivity index (χ0) is 21.6. The maximum atomic E-state index is 12.6. The SMILES string of the molecule is C=CCNS(=O)(=O)c1ccc(C(=O)N(C)CC(=O)Nc2c(C)cccc2C)cc1. The highest BCUT2D eigenvalue weighted by atomic mass is 32.2. The number of aryl methyl sites for hydroxylation is 2. The molecule has 0 aliphatic heterocycles. The Morgan fingerprint density at radius 2 is 1.66 bits per heavy atom.